The van der Waals surface area contributed by atoms with Crippen molar-refractivity contribution in [3.8, 4) is 0 Å². The predicted octanol–water partition coefficient (Wildman–Crippen LogP) is 0.173. The van der Waals surface area contributed by atoms with Crippen molar-refractivity contribution in [2.24, 2.45) is 5.73 Å². The summed E-state index contributed by atoms with van der Waals surface area (Å²) in [6.45, 7) is 6.22. The van der Waals surface area contributed by atoms with Crippen LogP contribution in [0.3, 0.4) is 0 Å². The lowest BCUT2D eigenvalue weighted by molar-refractivity contribution is -0.145. The Bertz CT molecular complexity index is 243. The van der Waals surface area contributed by atoms with Gasteiger partial charge in [-0.2, -0.15) is 0 Å². The van der Waals surface area contributed by atoms with Gasteiger partial charge in [0.2, 0.25) is 0 Å². The minimum absolute atomic E-state index is 0.744. The first-order valence-corrected chi connectivity index (χ1v) is 4.52. The monoisotopic (exact) mass is 219 g/mol. The van der Waals surface area contributed by atoms with Crippen molar-refractivity contribution in [1.29, 1.82) is 0 Å². The maximum absolute atomic E-state index is 11.1. The van der Waals surface area contributed by atoms with Crippen LogP contribution in [0.4, 0.5) is 4.79 Å². The first kappa shape index (κ1) is 13.9. The minimum atomic E-state index is -1.25. The second-order valence-corrected chi connectivity index (χ2v) is 4.15. The maximum Gasteiger partial charge on any atom is 0.516 e. The number of aliphatic hydroxyl groups is 1. The Morgan fingerprint density at radius 2 is 1.80 bits per heavy atom. The quantitative estimate of drug-likeness (QED) is 0.507. The van der Waals surface area contributed by atoms with Gasteiger partial charge in [-0.05, 0) is 27.7 Å². The van der Waals surface area contributed by atoms with Crippen molar-refractivity contribution >= 4 is 12.1 Å². The van der Waals surface area contributed by atoms with Crippen LogP contribution in [0.5, 0.6) is 0 Å². The van der Waals surface area contributed by atoms with Gasteiger partial charge >= 0.3 is 12.1 Å². The zero-order chi connectivity index (χ0) is 12.2. The number of ether oxygens (including phenoxy) is 2. The van der Waals surface area contributed by atoms with Crippen LogP contribution in [0.2, 0.25) is 0 Å². The van der Waals surface area contributed by atoms with Crippen molar-refractivity contribution < 1.29 is 24.2 Å². The number of carbonyl (C=O) groups excluding carboxylic acids is 2. The Kier molecular flexibility index (Phi) is 4.70. The lowest BCUT2D eigenvalue weighted by atomic mass is 10.2. The summed E-state index contributed by atoms with van der Waals surface area (Å²) in [6.07, 6.45) is -2.21. The van der Waals surface area contributed by atoms with Crippen LogP contribution in [0, 0.1) is 0 Å². The number of esters is 1. The number of hydrogen-bond acceptors (Lipinski definition) is 6. The highest BCUT2D eigenvalue weighted by Crippen LogP contribution is 2.08. The fraction of sp³-hybridized carbons (Fsp3) is 0.778. The summed E-state index contributed by atoms with van der Waals surface area (Å²) in [7, 11) is 0. The lowest BCUT2D eigenvalue weighted by Gasteiger charge is -2.19. The molecule has 0 rings (SSSR count). The molecule has 0 aliphatic carbocycles. The Morgan fingerprint density at radius 1 is 1.33 bits per heavy atom. The second-order valence-electron chi connectivity index (χ2n) is 4.15. The Labute approximate surface area is 88.3 Å². The molecule has 0 radical (unpaired) electrons. The molecule has 0 spiro atoms. The van der Waals surface area contributed by atoms with Gasteiger partial charge < -0.3 is 20.3 Å². The molecule has 0 aliphatic rings. The van der Waals surface area contributed by atoms with E-state index in [-0.39, 0.29) is 0 Å². The zero-order valence-electron chi connectivity index (χ0n) is 9.31. The van der Waals surface area contributed by atoms with E-state index < -0.39 is 29.9 Å². The van der Waals surface area contributed by atoms with E-state index in [1.165, 1.54) is 6.92 Å². The van der Waals surface area contributed by atoms with E-state index in [0.717, 1.165) is 0 Å². The van der Waals surface area contributed by atoms with Gasteiger partial charge in [0, 0.05) is 0 Å². The van der Waals surface area contributed by atoms with E-state index in [2.05, 4.69) is 4.74 Å². The topological polar surface area (TPSA) is 98.9 Å². The molecule has 15 heavy (non-hydrogen) atoms. The van der Waals surface area contributed by atoms with E-state index >= 15 is 0 Å². The Morgan fingerprint density at radius 3 is 2.13 bits per heavy atom. The van der Waals surface area contributed by atoms with Crippen LogP contribution in [0.15, 0.2) is 0 Å². The van der Waals surface area contributed by atoms with E-state index in [9.17, 15) is 9.59 Å². The molecule has 6 heteroatoms. The maximum atomic E-state index is 11.1. The molecular formula is C9H17NO5. The lowest BCUT2D eigenvalue weighted by Crippen LogP contribution is -2.42. The fourth-order valence-corrected chi connectivity index (χ4v) is 0.618. The minimum Gasteiger partial charge on any atom is -0.428 e. The third-order valence-electron chi connectivity index (χ3n) is 1.37. The van der Waals surface area contributed by atoms with Crippen molar-refractivity contribution in [2.45, 2.75) is 45.4 Å². The van der Waals surface area contributed by atoms with Gasteiger partial charge in [0.25, 0.3) is 0 Å². The molecule has 0 aliphatic heterocycles. The summed E-state index contributed by atoms with van der Waals surface area (Å²) >= 11 is 0. The normalized spacial score (nSPS) is 15.3. The van der Waals surface area contributed by atoms with Crippen molar-refractivity contribution in [3.05, 3.63) is 0 Å². The van der Waals surface area contributed by atoms with Crippen molar-refractivity contribution in [3.63, 3.8) is 0 Å². The molecule has 6 nitrogen and oxygen atoms in total. The van der Waals surface area contributed by atoms with Gasteiger partial charge in [0.05, 0.1) is 6.10 Å². The number of rotatable bonds is 2. The third kappa shape index (κ3) is 6.03. The van der Waals surface area contributed by atoms with E-state index in [1.54, 1.807) is 20.8 Å². The zero-order valence-corrected chi connectivity index (χ0v) is 9.31. The molecule has 0 saturated heterocycles. The first-order valence-electron chi connectivity index (χ1n) is 4.52. The predicted molar refractivity (Wildman–Crippen MR) is 52.0 cm³/mol. The van der Waals surface area contributed by atoms with E-state index in [1.807, 2.05) is 0 Å². The van der Waals surface area contributed by atoms with Crippen LogP contribution in [-0.2, 0) is 14.3 Å². The molecule has 0 fully saturated rings. The Balaban J connectivity index is 4.14. The summed E-state index contributed by atoms with van der Waals surface area (Å²) in [5, 5.41) is 8.96. The third-order valence-corrected chi connectivity index (χ3v) is 1.37. The highest BCUT2D eigenvalue weighted by Gasteiger charge is 2.26. The van der Waals surface area contributed by atoms with Crippen LogP contribution in [0.25, 0.3) is 0 Å². The average Bonchev–Trinajstić information content (AvgIpc) is 1.98. The van der Waals surface area contributed by atoms with Crippen LogP contribution >= 0.6 is 0 Å². The fourth-order valence-electron chi connectivity index (χ4n) is 0.618. The molecule has 0 aromatic rings. The van der Waals surface area contributed by atoms with Gasteiger partial charge in [-0.1, -0.05) is 0 Å². The molecule has 0 bridgehead atoms. The SMILES string of the molecule is C[C@@H](O)[C@H](N)C(=O)OC(=O)OC(C)(C)C. The summed E-state index contributed by atoms with van der Waals surface area (Å²) in [5.74, 6) is -1.01. The van der Waals surface area contributed by atoms with Gasteiger partial charge in [-0.25, -0.2) is 9.59 Å². The van der Waals surface area contributed by atoms with E-state index in [4.69, 9.17) is 15.6 Å². The summed E-state index contributed by atoms with van der Waals surface area (Å²) in [6, 6.07) is -1.25. The van der Waals surface area contributed by atoms with Crippen LogP contribution < -0.4 is 5.73 Å². The molecular weight excluding hydrogens is 202 g/mol. The molecule has 2 atom stereocenters. The highest BCUT2D eigenvalue weighted by molar-refractivity contribution is 5.85. The van der Waals surface area contributed by atoms with Gasteiger partial charge in [0.15, 0.2) is 0 Å². The Hall–Kier alpha value is -1.14. The number of nitrogens with two attached hydrogens (primary N) is 1. The highest BCUT2D eigenvalue weighted by atomic mass is 16.7. The van der Waals surface area contributed by atoms with Gasteiger partial charge in [-0.15, -0.1) is 0 Å². The smallest absolute Gasteiger partial charge is 0.428 e. The molecule has 0 unspecified atom stereocenters. The number of aliphatic hydroxyl groups excluding tert-OH is 1. The summed E-state index contributed by atoms with van der Waals surface area (Å²) in [4.78, 5) is 22.1. The largest absolute Gasteiger partial charge is 0.516 e. The molecule has 0 saturated carbocycles. The molecule has 0 aromatic heterocycles. The molecule has 0 aromatic carbocycles. The summed E-state index contributed by atoms with van der Waals surface area (Å²) in [5.41, 5.74) is 4.50. The van der Waals surface area contributed by atoms with Gasteiger partial charge in [0.1, 0.15) is 11.6 Å². The molecule has 0 heterocycles. The molecule has 88 valence electrons. The van der Waals surface area contributed by atoms with Crippen molar-refractivity contribution in [1.82, 2.24) is 0 Å². The summed E-state index contributed by atoms with van der Waals surface area (Å²) < 4.78 is 8.98. The molecule has 0 amide bonds. The van der Waals surface area contributed by atoms with Crippen LogP contribution in [0.1, 0.15) is 27.7 Å². The number of hydrogen-bond donors (Lipinski definition) is 2. The standard InChI is InChI=1S/C9H17NO5/c1-5(11)6(10)7(12)14-8(13)15-9(2,3)4/h5-6,11H,10H2,1-4H3/t5-,6+/m1/s1. The van der Waals surface area contributed by atoms with E-state index in [0.29, 0.717) is 0 Å². The number of carbonyl (C=O) groups is 2. The average molecular weight is 219 g/mol. The van der Waals surface area contributed by atoms with Crippen LogP contribution in [-0.4, -0.2) is 35.0 Å². The molecule has 3 N–H and O–H groups in total. The second kappa shape index (κ2) is 5.09. The first-order chi connectivity index (χ1) is 6.63. The van der Waals surface area contributed by atoms with Gasteiger partial charge in [-0.3, -0.25) is 0 Å². The van der Waals surface area contributed by atoms with Crippen molar-refractivity contribution in [2.75, 3.05) is 0 Å².